The first-order valence-corrected chi connectivity index (χ1v) is 17.1. The highest BCUT2D eigenvalue weighted by atomic mass is 31.2. The molecule has 1 aromatic heterocycles. The van der Waals surface area contributed by atoms with Crippen molar-refractivity contribution in [1.82, 2.24) is 9.55 Å². The van der Waals surface area contributed by atoms with E-state index in [9.17, 15) is 0 Å². The molecule has 9 rings (SSSR count). The molecule has 1 aliphatic heterocycles. The van der Waals surface area contributed by atoms with Crippen molar-refractivity contribution in [3.8, 4) is 50.5 Å². The summed E-state index contributed by atoms with van der Waals surface area (Å²) in [5, 5.41) is 2.30. The minimum atomic E-state index is -3.40. The van der Waals surface area contributed by atoms with E-state index in [4.69, 9.17) is 11.8 Å². The normalized spacial score (nSPS) is 16.5. The first-order valence-electron chi connectivity index (χ1n) is 17.9. The van der Waals surface area contributed by atoms with E-state index >= 15 is 4.57 Å². The van der Waals surface area contributed by atoms with Gasteiger partial charge in [-0.3, -0.25) is 4.57 Å². The van der Waals surface area contributed by atoms with Gasteiger partial charge in [0.15, 0.2) is 7.14 Å². The van der Waals surface area contributed by atoms with E-state index in [1.165, 1.54) is 0 Å². The molecule has 1 unspecified atom stereocenters. The van der Waals surface area contributed by atoms with Crippen LogP contribution in [0.15, 0.2) is 176 Å². The molecule has 0 bridgehead atoms. The Morgan fingerprint density at radius 1 is 0.532 bits per heavy atom. The minimum absolute atomic E-state index is 0.178. The third-order valence-electron chi connectivity index (χ3n) is 8.92. The Balaban J connectivity index is 1.19. The summed E-state index contributed by atoms with van der Waals surface area (Å²) in [5.74, 6) is 0.795. The van der Waals surface area contributed by atoms with Crippen LogP contribution in [-0.4, -0.2) is 9.55 Å². The van der Waals surface area contributed by atoms with Gasteiger partial charge in [-0.2, -0.15) is 0 Å². The lowest BCUT2D eigenvalue weighted by Gasteiger charge is -2.31. The molecular formula is C43H29N2OP. The van der Waals surface area contributed by atoms with Crippen molar-refractivity contribution in [2.45, 2.75) is 0 Å². The Labute approximate surface area is 280 Å². The van der Waals surface area contributed by atoms with Crippen LogP contribution in [0.1, 0.15) is 6.85 Å². The predicted octanol–water partition coefficient (Wildman–Crippen LogP) is 9.65. The maximum absolute atomic E-state index is 16.1. The Bertz CT molecular complexity index is 2720. The fraction of sp³-hybridized carbons (Fsp3) is 0. The summed E-state index contributed by atoms with van der Waals surface area (Å²) in [5.41, 5.74) is 7.86. The second-order valence-electron chi connectivity index (χ2n) is 11.6. The van der Waals surface area contributed by atoms with Gasteiger partial charge in [0.2, 0.25) is 0 Å². The Morgan fingerprint density at radius 3 is 1.81 bits per heavy atom. The van der Waals surface area contributed by atoms with Gasteiger partial charge in [0.1, 0.15) is 5.82 Å². The van der Waals surface area contributed by atoms with E-state index < -0.39 is 13.2 Å². The van der Waals surface area contributed by atoms with Crippen LogP contribution in [0.25, 0.3) is 61.5 Å². The van der Waals surface area contributed by atoms with Crippen LogP contribution in [0.5, 0.6) is 0 Å². The standard InChI is InChI=1S/C43H29N2OP/c46-47(36-16-8-3-9-17-36)40-21-11-19-38-41(40)45(43(44-38)35-14-6-2-7-15-35)39-20-10-18-37(42(39)47)34-28-26-33(27-29-34)32-24-22-31(23-25-32)30-12-4-1-5-13-30/h1-29H/i1D,4D,5D,12D,13D. The number of imidazole rings is 1. The maximum Gasteiger partial charge on any atom is 0.175 e. The highest BCUT2D eigenvalue weighted by Gasteiger charge is 2.41. The van der Waals surface area contributed by atoms with Crippen molar-refractivity contribution in [2.24, 2.45) is 0 Å². The molecule has 1 atom stereocenters. The van der Waals surface area contributed by atoms with Crippen LogP contribution in [0.2, 0.25) is 0 Å². The molecule has 1 aliphatic rings. The van der Waals surface area contributed by atoms with Gasteiger partial charge in [0.25, 0.3) is 0 Å². The molecule has 0 N–H and O–H groups in total. The molecule has 8 aromatic rings. The molecular weight excluding hydrogens is 591 g/mol. The zero-order chi connectivity index (χ0) is 35.7. The molecule has 0 radical (unpaired) electrons. The largest absolute Gasteiger partial charge is 0.308 e. The summed E-state index contributed by atoms with van der Waals surface area (Å²) in [6, 6.07) is 45.8. The van der Waals surface area contributed by atoms with Crippen molar-refractivity contribution in [1.29, 1.82) is 0 Å². The smallest absolute Gasteiger partial charge is 0.175 e. The second kappa shape index (κ2) is 10.9. The third kappa shape index (κ3) is 4.35. The van der Waals surface area contributed by atoms with Gasteiger partial charge in [-0.25, -0.2) is 4.98 Å². The van der Waals surface area contributed by atoms with Gasteiger partial charge < -0.3 is 4.57 Å². The van der Waals surface area contributed by atoms with Crippen LogP contribution in [-0.2, 0) is 4.57 Å². The predicted molar refractivity (Wildman–Crippen MR) is 196 cm³/mol. The number of fused-ring (bicyclic) bond motifs is 2. The average molecular weight is 626 g/mol. The number of hydrogen-bond donors (Lipinski definition) is 0. The zero-order valence-corrected chi connectivity index (χ0v) is 26.0. The monoisotopic (exact) mass is 625 g/mol. The number of para-hydroxylation sites is 1. The fourth-order valence-corrected chi connectivity index (χ4v) is 9.96. The quantitative estimate of drug-likeness (QED) is 0.179. The lowest BCUT2D eigenvalue weighted by Crippen LogP contribution is -2.34. The summed E-state index contributed by atoms with van der Waals surface area (Å²) in [4.78, 5) is 5.10. The lowest BCUT2D eigenvalue weighted by molar-refractivity contribution is 0.592. The fourth-order valence-electron chi connectivity index (χ4n) is 6.75. The molecule has 2 heterocycles. The average Bonchev–Trinajstić information content (AvgIpc) is 3.60. The van der Waals surface area contributed by atoms with Crippen molar-refractivity contribution in [3.63, 3.8) is 0 Å². The highest BCUT2D eigenvalue weighted by Crippen LogP contribution is 2.52. The summed E-state index contributed by atoms with van der Waals surface area (Å²) >= 11 is 0. The molecule has 0 aliphatic carbocycles. The molecule has 0 saturated heterocycles. The van der Waals surface area contributed by atoms with Crippen LogP contribution < -0.4 is 15.9 Å². The third-order valence-corrected chi connectivity index (χ3v) is 12.1. The van der Waals surface area contributed by atoms with E-state index in [-0.39, 0.29) is 29.7 Å². The molecule has 4 heteroatoms. The van der Waals surface area contributed by atoms with Gasteiger partial charge in [0, 0.05) is 16.2 Å². The van der Waals surface area contributed by atoms with Crippen LogP contribution in [0.4, 0.5) is 0 Å². The van der Waals surface area contributed by atoms with Gasteiger partial charge in [-0.15, -0.1) is 0 Å². The molecule has 3 nitrogen and oxygen atoms in total. The van der Waals surface area contributed by atoms with E-state index in [2.05, 4.69) is 16.7 Å². The molecule has 7 aromatic carbocycles. The zero-order valence-electron chi connectivity index (χ0n) is 30.1. The van der Waals surface area contributed by atoms with E-state index in [1.807, 2.05) is 121 Å². The van der Waals surface area contributed by atoms with Gasteiger partial charge in [0.05, 0.1) is 28.9 Å². The molecule has 0 spiro atoms. The van der Waals surface area contributed by atoms with Crippen LogP contribution >= 0.6 is 7.14 Å². The Kier molecular flexibility index (Phi) is 5.29. The number of benzene rings is 7. The number of aromatic nitrogens is 2. The first-order chi connectivity index (χ1) is 25.3. The molecule has 222 valence electrons. The first kappa shape index (κ1) is 22.7. The van der Waals surface area contributed by atoms with Crippen LogP contribution in [0.3, 0.4) is 0 Å². The second-order valence-corrected chi connectivity index (χ2v) is 14.2. The van der Waals surface area contributed by atoms with E-state index in [0.29, 0.717) is 5.56 Å². The Morgan fingerprint density at radius 2 is 1.13 bits per heavy atom. The number of hydrogen-bond acceptors (Lipinski definition) is 2. The van der Waals surface area contributed by atoms with Gasteiger partial charge in [-0.05, 0) is 51.6 Å². The highest BCUT2D eigenvalue weighted by molar-refractivity contribution is 7.86. The number of rotatable bonds is 5. The van der Waals surface area contributed by atoms with Crippen molar-refractivity contribution in [3.05, 3.63) is 176 Å². The Hall–Kier alpha value is -5.76. The van der Waals surface area contributed by atoms with Crippen molar-refractivity contribution in [2.75, 3.05) is 0 Å². The molecule has 0 amide bonds. The summed E-state index contributed by atoms with van der Waals surface area (Å²) in [6.07, 6.45) is 0. The van der Waals surface area contributed by atoms with E-state index in [1.54, 1.807) is 12.1 Å². The molecule has 47 heavy (non-hydrogen) atoms. The summed E-state index contributed by atoms with van der Waals surface area (Å²) in [6.45, 7) is 0. The van der Waals surface area contributed by atoms with E-state index in [0.717, 1.165) is 66.3 Å². The molecule has 0 fully saturated rings. The summed E-state index contributed by atoms with van der Waals surface area (Å²) in [7, 11) is -3.40. The topological polar surface area (TPSA) is 34.9 Å². The number of nitrogens with zero attached hydrogens (tertiary/aromatic N) is 2. The molecule has 0 saturated carbocycles. The lowest BCUT2D eigenvalue weighted by atomic mass is 9.98. The van der Waals surface area contributed by atoms with Crippen molar-refractivity contribution >= 4 is 34.1 Å². The minimum Gasteiger partial charge on any atom is -0.308 e. The van der Waals surface area contributed by atoms with Crippen LogP contribution in [0, 0.1) is 0 Å². The summed E-state index contributed by atoms with van der Waals surface area (Å²) < 4.78 is 59.0. The van der Waals surface area contributed by atoms with Crippen molar-refractivity contribution < 1.29 is 11.4 Å². The van der Waals surface area contributed by atoms with Gasteiger partial charge >= 0.3 is 0 Å². The van der Waals surface area contributed by atoms with Gasteiger partial charge in [-0.1, -0.05) is 158 Å². The SMILES string of the molecule is [2H]c1c([2H])c([2H])c(-c2ccc(-c3ccc(-c4cccc5c4P(=O)(c4ccccc4)c4cccc6nc(-c7ccccc7)n-5c46)cc3)cc2)c([2H])c1[2H]. The maximum atomic E-state index is 16.1.